The van der Waals surface area contributed by atoms with Gasteiger partial charge in [0, 0.05) is 6.54 Å². The number of carbonyl (C=O) groups is 1. The molecule has 0 atom stereocenters. The van der Waals surface area contributed by atoms with Gasteiger partial charge < -0.3 is 10.5 Å². The summed E-state index contributed by atoms with van der Waals surface area (Å²) in [5, 5.41) is 0. The molecular formula is C10H14FN3O4S. The Morgan fingerprint density at radius 1 is 1.47 bits per heavy atom. The van der Waals surface area contributed by atoms with Crippen molar-refractivity contribution in [1.29, 1.82) is 0 Å². The molecule has 4 N–H and O–H groups in total. The highest BCUT2D eigenvalue weighted by molar-refractivity contribution is 7.91. The van der Waals surface area contributed by atoms with Crippen LogP contribution >= 0.6 is 0 Å². The Hall–Kier alpha value is -1.87. The van der Waals surface area contributed by atoms with E-state index in [1.54, 1.807) is 4.72 Å². The molecule has 0 radical (unpaired) electrons. The molecule has 0 bridgehead atoms. The van der Waals surface area contributed by atoms with Gasteiger partial charge in [-0.2, -0.15) is 8.42 Å². The summed E-state index contributed by atoms with van der Waals surface area (Å²) in [5.41, 5.74) is 5.53. The second-order valence-corrected chi connectivity index (χ2v) is 4.86. The van der Waals surface area contributed by atoms with E-state index in [4.69, 9.17) is 5.73 Å². The van der Waals surface area contributed by atoms with E-state index in [0.29, 0.717) is 5.56 Å². The van der Waals surface area contributed by atoms with Crippen molar-refractivity contribution in [2.75, 3.05) is 11.3 Å². The number of nitrogens with one attached hydrogen (secondary N) is 2. The predicted molar refractivity (Wildman–Crippen MR) is 67.0 cm³/mol. The minimum absolute atomic E-state index is 0.0148. The molecule has 0 saturated carbocycles. The summed E-state index contributed by atoms with van der Waals surface area (Å²) in [5.74, 6) is -0.794. The lowest BCUT2D eigenvalue weighted by atomic mass is 10.2. The maximum absolute atomic E-state index is 13.5. The third kappa shape index (κ3) is 4.72. The van der Waals surface area contributed by atoms with Crippen LogP contribution in [0.1, 0.15) is 12.5 Å². The number of halogens is 1. The maximum Gasteiger partial charge on any atom is 0.422 e. The highest BCUT2D eigenvalue weighted by Crippen LogP contribution is 2.16. The molecule has 0 aromatic heterocycles. The maximum atomic E-state index is 13.5. The Balaban J connectivity index is 2.81. The van der Waals surface area contributed by atoms with Gasteiger partial charge in [0.2, 0.25) is 0 Å². The summed E-state index contributed by atoms with van der Waals surface area (Å²) in [6, 6.07) is 3.77. The molecule has 0 unspecified atom stereocenters. The van der Waals surface area contributed by atoms with E-state index in [9.17, 15) is 17.6 Å². The van der Waals surface area contributed by atoms with Crippen molar-refractivity contribution in [2.24, 2.45) is 5.73 Å². The monoisotopic (exact) mass is 291 g/mol. The predicted octanol–water partition coefficient (Wildman–Crippen LogP) is 0.687. The van der Waals surface area contributed by atoms with Crippen molar-refractivity contribution in [3.8, 4) is 0 Å². The number of rotatable bonds is 5. The Kier molecular flexibility index (Phi) is 5.07. The third-order valence-corrected chi connectivity index (χ3v) is 2.93. The van der Waals surface area contributed by atoms with Gasteiger partial charge in [0.25, 0.3) is 0 Å². The topological polar surface area (TPSA) is 111 Å². The summed E-state index contributed by atoms with van der Waals surface area (Å²) in [6.45, 7) is 1.66. The van der Waals surface area contributed by atoms with Crippen LogP contribution in [-0.2, 0) is 21.5 Å². The first kappa shape index (κ1) is 15.2. The Labute approximate surface area is 110 Å². The molecule has 1 aromatic rings. The standard InChI is InChI=1S/C10H14FN3O4S/c1-2-18-10(15)14-19(16,17)13-9-4-3-7(6-12)5-8(9)11/h3-5,13H,2,6,12H2,1H3,(H,14,15). The van der Waals surface area contributed by atoms with Crippen LogP contribution in [-0.4, -0.2) is 21.1 Å². The van der Waals surface area contributed by atoms with Crippen molar-refractivity contribution in [3.63, 3.8) is 0 Å². The van der Waals surface area contributed by atoms with Gasteiger partial charge in [-0.05, 0) is 24.6 Å². The van der Waals surface area contributed by atoms with Gasteiger partial charge in [-0.3, -0.25) is 4.72 Å². The van der Waals surface area contributed by atoms with E-state index in [2.05, 4.69) is 4.74 Å². The number of ether oxygens (including phenoxy) is 1. The lowest BCUT2D eigenvalue weighted by molar-refractivity contribution is 0.159. The molecule has 9 heteroatoms. The number of nitrogens with two attached hydrogens (primary N) is 1. The van der Waals surface area contributed by atoms with E-state index in [-0.39, 0.29) is 18.8 Å². The zero-order chi connectivity index (χ0) is 14.5. The molecule has 7 nitrogen and oxygen atoms in total. The van der Waals surface area contributed by atoms with E-state index < -0.39 is 22.1 Å². The van der Waals surface area contributed by atoms with E-state index in [1.807, 2.05) is 4.72 Å². The van der Waals surface area contributed by atoms with Crippen molar-refractivity contribution in [1.82, 2.24) is 4.72 Å². The molecular weight excluding hydrogens is 277 g/mol. The summed E-state index contributed by atoms with van der Waals surface area (Å²) in [7, 11) is -4.24. The zero-order valence-corrected chi connectivity index (χ0v) is 11.0. The number of carbonyl (C=O) groups excluding carboxylic acids is 1. The van der Waals surface area contributed by atoms with Crippen LogP contribution in [0, 0.1) is 5.82 Å². The van der Waals surface area contributed by atoms with Gasteiger partial charge in [-0.25, -0.2) is 13.9 Å². The molecule has 0 fully saturated rings. The fourth-order valence-corrected chi connectivity index (χ4v) is 1.99. The SMILES string of the molecule is CCOC(=O)NS(=O)(=O)Nc1ccc(CN)cc1F. The number of benzene rings is 1. The summed E-state index contributed by atoms with van der Waals surface area (Å²) in [4.78, 5) is 11.0. The summed E-state index contributed by atoms with van der Waals surface area (Å²) < 4.78 is 44.3. The molecule has 19 heavy (non-hydrogen) atoms. The smallest absolute Gasteiger partial charge is 0.422 e. The average Bonchev–Trinajstić information content (AvgIpc) is 2.31. The zero-order valence-electron chi connectivity index (χ0n) is 10.1. The lowest BCUT2D eigenvalue weighted by Crippen LogP contribution is -2.35. The average molecular weight is 291 g/mol. The van der Waals surface area contributed by atoms with Gasteiger partial charge in [-0.1, -0.05) is 6.07 Å². The van der Waals surface area contributed by atoms with Crippen LogP contribution < -0.4 is 15.2 Å². The van der Waals surface area contributed by atoms with E-state index in [1.165, 1.54) is 19.1 Å². The minimum Gasteiger partial charge on any atom is -0.449 e. The number of hydrogen-bond acceptors (Lipinski definition) is 5. The van der Waals surface area contributed by atoms with Crippen molar-refractivity contribution >= 4 is 22.0 Å². The Morgan fingerprint density at radius 2 is 2.16 bits per heavy atom. The highest BCUT2D eigenvalue weighted by atomic mass is 32.2. The van der Waals surface area contributed by atoms with Crippen LogP contribution in [0.3, 0.4) is 0 Å². The molecule has 0 saturated heterocycles. The first-order valence-corrected chi connectivity index (χ1v) is 6.82. The lowest BCUT2D eigenvalue weighted by Gasteiger charge is -2.10. The Morgan fingerprint density at radius 3 is 2.68 bits per heavy atom. The van der Waals surface area contributed by atoms with Gasteiger partial charge in [-0.15, -0.1) is 0 Å². The van der Waals surface area contributed by atoms with Crippen molar-refractivity contribution < 1.29 is 22.3 Å². The van der Waals surface area contributed by atoms with Crippen LogP contribution in [0.4, 0.5) is 14.9 Å². The number of anilines is 1. The molecule has 1 rings (SSSR count). The largest absolute Gasteiger partial charge is 0.449 e. The van der Waals surface area contributed by atoms with Crippen LogP contribution in [0.15, 0.2) is 18.2 Å². The number of hydrogen-bond donors (Lipinski definition) is 3. The van der Waals surface area contributed by atoms with Crippen LogP contribution in [0.2, 0.25) is 0 Å². The molecule has 0 heterocycles. The van der Waals surface area contributed by atoms with Crippen molar-refractivity contribution in [3.05, 3.63) is 29.6 Å². The molecule has 0 aliphatic heterocycles. The van der Waals surface area contributed by atoms with E-state index >= 15 is 0 Å². The summed E-state index contributed by atoms with van der Waals surface area (Å²) >= 11 is 0. The van der Waals surface area contributed by atoms with Gasteiger partial charge in [0.15, 0.2) is 0 Å². The van der Waals surface area contributed by atoms with E-state index in [0.717, 1.165) is 6.07 Å². The molecule has 0 spiro atoms. The first-order chi connectivity index (χ1) is 8.88. The molecule has 0 aliphatic carbocycles. The fourth-order valence-electron chi connectivity index (χ4n) is 1.21. The Bertz CT molecular complexity index is 562. The fraction of sp³-hybridized carbons (Fsp3) is 0.300. The van der Waals surface area contributed by atoms with Gasteiger partial charge in [0.05, 0.1) is 12.3 Å². The quantitative estimate of drug-likeness (QED) is 0.739. The normalized spacial score (nSPS) is 10.9. The second kappa shape index (κ2) is 6.34. The second-order valence-electron chi connectivity index (χ2n) is 3.45. The highest BCUT2D eigenvalue weighted by Gasteiger charge is 2.16. The van der Waals surface area contributed by atoms with Crippen LogP contribution in [0.25, 0.3) is 0 Å². The number of amides is 1. The third-order valence-electron chi connectivity index (χ3n) is 2.01. The molecule has 0 aliphatic rings. The summed E-state index contributed by atoms with van der Waals surface area (Å²) in [6.07, 6.45) is -1.14. The van der Waals surface area contributed by atoms with Crippen LogP contribution in [0.5, 0.6) is 0 Å². The molecule has 1 amide bonds. The van der Waals surface area contributed by atoms with Gasteiger partial charge in [0.1, 0.15) is 5.82 Å². The first-order valence-electron chi connectivity index (χ1n) is 5.33. The van der Waals surface area contributed by atoms with Crippen molar-refractivity contribution in [2.45, 2.75) is 13.5 Å². The molecule has 1 aromatic carbocycles. The van der Waals surface area contributed by atoms with Gasteiger partial charge >= 0.3 is 16.3 Å². The molecule has 106 valence electrons. The minimum atomic E-state index is -4.24.